The van der Waals surface area contributed by atoms with Gasteiger partial charge in [-0.15, -0.1) is 0 Å². The molecule has 21 heavy (non-hydrogen) atoms. The summed E-state index contributed by atoms with van der Waals surface area (Å²) in [7, 11) is 0. The number of rotatable bonds is 4. The summed E-state index contributed by atoms with van der Waals surface area (Å²) in [6, 6.07) is 12.8. The Morgan fingerprint density at radius 2 is 1.86 bits per heavy atom. The van der Waals surface area contributed by atoms with Crippen LogP contribution in [0.5, 0.6) is 5.75 Å². The summed E-state index contributed by atoms with van der Waals surface area (Å²) < 4.78 is 34.6. The first kappa shape index (κ1) is 13.6. The molecule has 2 aromatic carbocycles. The monoisotopic (exact) mass is 287 g/mol. The van der Waals surface area contributed by atoms with Gasteiger partial charge in [-0.2, -0.15) is 0 Å². The quantitative estimate of drug-likeness (QED) is 0.688. The van der Waals surface area contributed by atoms with Crippen molar-refractivity contribution in [3.63, 3.8) is 0 Å². The normalized spacial score (nSPS) is 11.0. The minimum atomic E-state index is -0.338. The lowest BCUT2D eigenvalue weighted by atomic mass is 10.2. The standard InChI is InChI=1S/C17H15F2NO/c1-2-20-13(10-15-16(19)7-4-8-17(15)20)11-21-14-6-3-5-12(18)9-14/h3-10H,2,11H2,1H3. The molecule has 1 aromatic heterocycles. The number of hydrogen-bond acceptors (Lipinski definition) is 1. The number of nitrogens with zero attached hydrogens (tertiary/aromatic N) is 1. The van der Waals surface area contributed by atoms with E-state index in [9.17, 15) is 8.78 Å². The minimum absolute atomic E-state index is 0.244. The Balaban J connectivity index is 1.91. The Labute approximate surface area is 121 Å². The average Bonchev–Trinajstić information content (AvgIpc) is 2.84. The lowest BCUT2D eigenvalue weighted by molar-refractivity contribution is 0.294. The molecule has 0 atom stereocenters. The topological polar surface area (TPSA) is 14.2 Å². The first-order chi connectivity index (χ1) is 10.2. The zero-order valence-electron chi connectivity index (χ0n) is 11.6. The van der Waals surface area contributed by atoms with Gasteiger partial charge in [0, 0.05) is 18.0 Å². The number of aromatic nitrogens is 1. The van der Waals surface area contributed by atoms with E-state index in [2.05, 4.69) is 0 Å². The van der Waals surface area contributed by atoms with Crippen molar-refractivity contribution >= 4 is 10.9 Å². The maximum atomic E-state index is 13.8. The van der Waals surface area contributed by atoms with Crippen molar-refractivity contribution in [3.05, 3.63) is 65.9 Å². The van der Waals surface area contributed by atoms with Gasteiger partial charge in [-0.3, -0.25) is 0 Å². The number of ether oxygens (including phenoxy) is 1. The SMILES string of the molecule is CCn1c(COc2cccc(F)c2)cc2c(F)cccc21. The van der Waals surface area contributed by atoms with Gasteiger partial charge in [0.15, 0.2) is 0 Å². The largest absolute Gasteiger partial charge is 0.487 e. The summed E-state index contributed by atoms with van der Waals surface area (Å²) in [5.74, 6) is -0.121. The van der Waals surface area contributed by atoms with Crippen LogP contribution in [0.15, 0.2) is 48.5 Å². The highest BCUT2D eigenvalue weighted by Crippen LogP contribution is 2.24. The minimum Gasteiger partial charge on any atom is -0.487 e. The first-order valence-electron chi connectivity index (χ1n) is 6.84. The number of aryl methyl sites for hydroxylation is 1. The molecule has 0 radical (unpaired) electrons. The summed E-state index contributed by atoms with van der Waals surface area (Å²) in [6.07, 6.45) is 0. The van der Waals surface area contributed by atoms with Gasteiger partial charge < -0.3 is 9.30 Å². The van der Waals surface area contributed by atoms with E-state index in [0.29, 0.717) is 11.1 Å². The molecular weight excluding hydrogens is 272 g/mol. The molecule has 0 spiro atoms. The first-order valence-corrected chi connectivity index (χ1v) is 6.84. The zero-order chi connectivity index (χ0) is 14.8. The Morgan fingerprint density at radius 3 is 2.62 bits per heavy atom. The third kappa shape index (κ3) is 2.61. The van der Waals surface area contributed by atoms with Gasteiger partial charge in [-0.25, -0.2) is 8.78 Å². The number of fused-ring (bicyclic) bond motifs is 1. The van der Waals surface area contributed by atoms with Crippen LogP contribution in [0, 0.1) is 11.6 Å². The van der Waals surface area contributed by atoms with Gasteiger partial charge in [0.2, 0.25) is 0 Å². The average molecular weight is 287 g/mol. The summed E-state index contributed by atoms with van der Waals surface area (Å²) >= 11 is 0. The zero-order valence-corrected chi connectivity index (χ0v) is 11.6. The molecule has 1 heterocycles. The van der Waals surface area contributed by atoms with E-state index in [-0.39, 0.29) is 18.2 Å². The third-order valence-electron chi connectivity index (χ3n) is 3.48. The fourth-order valence-electron chi connectivity index (χ4n) is 2.51. The van der Waals surface area contributed by atoms with Crippen molar-refractivity contribution in [1.82, 2.24) is 4.57 Å². The molecule has 0 aliphatic carbocycles. The molecule has 0 amide bonds. The van der Waals surface area contributed by atoms with Crippen LogP contribution in [0.1, 0.15) is 12.6 Å². The molecule has 2 nitrogen and oxygen atoms in total. The number of halogens is 2. The molecule has 0 saturated heterocycles. The van der Waals surface area contributed by atoms with Crippen LogP contribution in [-0.4, -0.2) is 4.57 Å². The van der Waals surface area contributed by atoms with Crippen LogP contribution in [0.3, 0.4) is 0 Å². The lowest BCUT2D eigenvalue weighted by Gasteiger charge is -2.09. The molecular formula is C17H15F2NO. The van der Waals surface area contributed by atoms with E-state index in [1.165, 1.54) is 18.2 Å². The Hall–Kier alpha value is -2.36. The Kier molecular flexibility index (Phi) is 3.60. The van der Waals surface area contributed by atoms with Crippen LogP contribution in [0.4, 0.5) is 8.78 Å². The molecule has 0 unspecified atom stereocenters. The predicted octanol–water partition coefficient (Wildman–Crippen LogP) is 4.52. The Morgan fingerprint density at radius 1 is 1.05 bits per heavy atom. The van der Waals surface area contributed by atoms with Crippen molar-refractivity contribution in [2.24, 2.45) is 0 Å². The fraction of sp³-hybridized carbons (Fsp3) is 0.176. The second-order valence-electron chi connectivity index (χ2n) is 4.80. The van der Waals surface area contributed by atoms with E-state index in [4.69, 9.17) is 4.74 Å². The second-order valence-corrected chi connectivity index (χ2v) is 4.80. The van der Waals surface area contributed by atoms with Crippen LogP contribution in [0.2, 0.25) is 0 Å². The van der Waals surface area contributed by atoms with E-state index in [1.54, 1.807) is 24.3 Å². The molecule has 3 rings (SSSR count). The molecule has 108 valence electrons. The van der Waals surface area contributed by atoms with Crippen molar-refractivity contribution in [1.29, 1.82) is 0 Å². The maximum absolute atomic E-state index is 13.8. The molecule has 0 saturated carbocycles. The Bertz CT molecular complexity index is 780. The smallest absolute Gasteiger partial charge is 0.132 e. The van der Waals surface area contributed by atoms with Crippen LogP contribution in [0.25, 0.3) is 10.9 Å². The molecule has 0 bridgehead atoms. The highest BCUT2D eigenvalue weighted by molar-refractivity contribution is 5.82. The molecule has 0 N–H and O–H groups in total. The molecule has 0 aliphatic rings. The second kappa shape index (κ2) is 5.56. The van der Waals surface area contributed by atoms with Gasteiger partial charge in [-0.05, 0) is 37.3 Å². The van der Waals surface area contributed by atoms with Crippen molar-refractivity contribution < 1.29 is 13.5 Å². The van der Waals surface area contributed by atoms with Crippen LogP contribution >= 0.6 is 0 Å². The van der Waals surface area contributed by atoms with E-state index in [1.807, 2.05) is 17.6 Å². The summed E-state index contributed by atoms with van der Waals surface area (Å²) in [5.41, 5.74) is 1.71. The van der Waals surface area contributed by atoms with Gasteiger partial charge in [0.1, 0.15) is 24.0 Å². The van der Waals surface area contributed by atoms with Crippen LogP contribution in [-0.2, 0) is 13.2 Å². The van der Waals surface area contributed by atoms with Crippen LogP contribution < -0.4 is 4.74 Å². The highest BCUT2D eigenvalue weighted by atomic mass is 19.1. The van der Waals surface area contributed by atoms with E-state index < -0.39 is 0 Å². The van der Waals surface area contributed by atoms with E-state index >= 15 is 0 Å². The maximum Gasteiger partial charge on any atom is 0.132 e. The molecule has 3 aromatic rings. The third-order valence-corrected chi connectivity index (χ3v) is 3.48. The molecule has 4 heteroatoms. The van der Waals surface area contributed by atoms with Gasteiger partial charge in [0.25, 0.3) is 0 Å². The van der Waals surface area contributed by atoms with Crippen molar-refractivity contribution in [2.75, 3.05) is 0 Å². The number of hydrogen-bond donors (Lipinski definition) is 0. The summed E-state index contributed by atoms with van der Waals surface area (Å²) in [6.45, 7) is 2.98. The molecule has 0 aliphatic heterocycles. The van der Waals surface area contributed by atoms with Gasteiger partial charge in [0.05, 0.1) is 11.2 Å². The van der Waals surface area contributed by atoms with Crippen molar-refractivity contribution in [3.8, 4) is 5.75 Å². The fourth-order valence-corrected chi connectivity index (χ4v) is 2.51. The van der Waals surface area contributed by atoms with Crippen molar-refractivity contribution in [2.45, 2.75) is 20.1 Å². The predicted molar refractivity (Wildman–Crippen MR) is 78.3 cm³/mol. The van der Waals surface area contributed by atoms with Gasteiger partial charge >= 0.3 is 0 Å². The van der Waals surface area contributed by atoms with Gasteiger partial charge in [-0.1, -0.05) is 12.1 Å². The highest BCUT2D eigenvalue weighted by Gasteiger charge is 2.11. The number of benzene rings is 2. The lowest BCUT2D eigenvalue weighted by Crippen LogP contribution is -2.04. The van der Waals surface area contributed by atoms with E-state index in [0.717, 1.165) is 17.8 Å². The summed E-state index contributed by atoms with van der Waals surface area (Å²) in [5, 5.41) is 0.581. The molecule has 0 fully saturated rings. The summed E-state index contributed by atoms with van der Waals surface area (Å²) in [4.78, 5) is 0.